The van der Waals surface area contributed by atoms with E-state index in [2.05, 4.69) is 4.18 Å². The van der Waals surface area contributed by atoms with Gasteiger partial charge in [-0.15, -0.1) is 0 Å². The maximum absolute atomic E-state index is 12.5. The van der Waals surface area contributed by atoms with Crippen molar-refractivity contribution >= 4 is 10.1 Å². The predicted molar refractivity (Wildman–Crippen MR) is 51.9 cm³/mol. The number of rotatable bonds is 2. The van der Waals surface area contributed by atoms with Crippen LogP contribution in [0, 0.1) is 0 Å². The predicted octanol–water partition coefficient (Wildman–Crippen LogP) is 3.06. The second kappa shape index (κ2) is 4.58. The average Bonchev–Trinajstić information content (AvgIpc) is 2.11. The van der Waals surface area contributed by atoms with E-state index in [0.717, 1.165) is 0 Å². The molecule has 19 heavy (non-hydrogen) atoms. The highest BCUT2D eigenvalue weighted by Crippen LogP contribution is 2.44. The minimum absolute atomic E-state index is 0.301. The fourth-order valence-corrected chi connectivity index (χ4v) is 1.71. The second-order valence-corrected chi connectivity index (χ2v) is 5.04. The molecule has 0 aliphatic heterocycles. The van der Waals surface area contributed by atoms with Gasteiger partial charge >= 0.3 is 22.5 Å². The summed E-state index contributed by atoms with van der Waals surface area (Å²) in [5.41, 5.74) is -3.62. The first kappa shape index (κ1) is 15.6. The summed E-state index contributed by atoms with van der Waals surface area (Å²) in [5.74, 6) is -1.77. The van der Waals surface area contributed by atoms with E-state index < -0.39 is 39.3 Å². The van der Waals surface area contributed by atoms with Gasteiger partial charge in [-0.2, -0.15) is 34.8 Å². The van der Waals surface area contributed by atoms with Crippen molar-refractivity contribution in [1.29, 1.82) is 0 Å². The van der Waals surface area contributed by atoms with Gasteiger partial charge in [0.25, 0.3) is 0 Å². The van der Waals surface area contributed by atoms with Crippen LogP contribution in [-0.2, 0) is 22.5 Å². The molecular formula is C9H6F6O3S. The van der Waals surface area contributed by atoms with Crippen molar-refractivity contribution in [3.63, 3.8) is 0 Å². The van der Waals surface area contributed by atoms with Gasteiger partial charge in [0, 0.05) is 0 Å². The molecule has 108 valence electrons. The lowest BCUT2D eigenvalue weighted by Gasteiger charge is -2.17. The van der Waals surface area contributed by atoms with Gasteiger partial charge in [-0.3, -0.25) is 0 Å². The summed E-state index contributed by atoms with van der Waals surface area (Å²) in [6.45, 7) is 0. The summed E-state index contributed by atoms with van der Waals surface area (Å²) >= 11 is 0. The quantitative estimate of drug-likeness (QED) is 0.623. The Labute approximate surface area is 103 Å². The fourth-order valence-electron chi connectivity index (χ4n) is 1.22. The van der Waals surface area contributed by atoms with Crippen LogP contribution in [0.3, 0.4) is 0 Å². The van der Waals surface area contributed by atoms with Crippen molar-refractivity contribution in [2.24, 2.45) is 0 Å². The van der Waals surface area contributed by atoms with Gasteiger partial charge < -0.3 is 4.18 Å². The number of halogens is 6. The van der Waals surface area contributed by atoms with Gasteiger partial charge in [0.2, 0.25) is 0 Å². The molecule has 1 aromatic carbocycles. The Kier molecular flexibility index (Phi) is 3.76. The van der Waals surface area contributed by atoms with E-state index in [1.165, 1.54) is 0 Å². The summed E-state index contributed by atoms with van der Waals surface area (Å²) in [6, 6.07) is 1.12. The Bertz CT molecular complexity index is 540. The zero-order chi connectivity index (χ0) is 15.1. The molecule has 1 aromatic rings. The van der Waals surface area contributed by atoms with E-state index in [4.69, 9.17) is 0 Å². The fraction of sp³-hybridized carbons (Fsp3) is 0.333. The SMILES string of the molecule is CS(=O)(=O)Oc1c(C(F)(F)F)cccc1C(F)(F)F. The van der Waals surface area contributed by atoms with Crippen LogP contribution < -0.4 is 4.18 Å². The molecule has 0 spiro atoms. The van der Waals surface area contributed by atoms with Gasteiger partial charge in [0.15, 0.2) is 5.75 Å². The molecule has 3 nitrogen and oxygen atoms in total. The highest BCUT2D eigenvalue weighted by Gasteiger charge is 2.42. The largest absolute Gasteiger partial charge is 0.420 e. The maximum Gasteiger partial charge on any atom is 0.420 e. The molecule has 0 amide bonds. The van der Waals surface area contributed by atoms with Crippen LogP contribution in [-0.4, -0.2) is 14.7 Å². The van der Waals surface area contributed by atoms with E-state index in [0.29, 0.717) is 24.5 Å². The van der Waals surface area contributed by atoms with E-state index in [-0.39, 0.29) is 0 Å². The molecule has 0 saturated heterocycles. The lowest BCUT2D eigenvalue weighted by atomic mass is 10.1. The molecule has 10 heteroatoms. The second-order valence-electron chi connectivity index (χ2n) is 3.47. The molecule has 0 fully saturated rings. The number of hydrogen-bond donors (Lipinski definition) is 0. The van der Waals surface area contributed by atoms with Crippen LogP contribution in [0.25, 0.3) is 0 Å². The molecule has 0 atom stereocenters. The van der Waals surface area contributed by atoms with Crippen molar-refractivity contribution in [2.75, 3.05) is 6.26 Å². The lowest BCUT2D eigenvalue weighted by Crippen LogP contribution is -2.17. The summed E-state index contributed by atoms with van der Waals surface area (Å²) in [4.78, 5) is 0. The van der Waals surface area contributed by atoms with Crippen LogP contribution in [0.4, 0.5) is 26.3 Å². The Morgan fingerprint density at radius 3 is 1.58 bits per heavy atom. The zero-order valence-corrected chi connectivity index (χ0v) is 9.95. The Hall–Kier alpha value is -1.45. The summed E-state index contributed by atoms with van der Waals surface area (Å²) < 4.78 is 101. The van der Waals surface area contributed by atoms with Crippen LogP contribution in [0.2, 0.25) is 0 Å². The van der Waals surface area contributed by atoms with Crippen LogP contribution in [0.15, 0.2) is 18.2 Å². The Morgan fingerprint density at radius 1 is 0.947 bits per heavy atom. The summed E-state index contributed by atoms with van der Waals surface area (Å²) in [5, 5.41) is 0. The number of benzene rings is 1. The van der Waals surface area contributed by atoms with Crippen molar-refractivity contribution in [2.45, 2.75) is 12.4 Å². The van der Waals surface area contributed by atoms with E-state index in [1.807, 2.05) is 0 Å². The van der Waals surface area contributed by atoms with E-state index >= 15 is 0 Å². The molecule has 0 aliphatic rings. The minimum atomic E-state index is -5.18. The van der Waals surface area contributed by atoms with Crippen molar-refractivity contribution < 1.29 is 38.9 Å². The third kappa shape index (κ3) is 4.01. The first-order chi connectivity index (χ1) is 8.32. The van der Waals surface area contributed by atoms with Crippen molar-refractivity contribution in [3.8, 4) is 5.75 Å². The molecule has 0 bridgehead atoms. The average molecular weight is 308 g/mol. The first-order valence-corrected chi connectivity index (χ1v) is 6.31. The molecule has 0 aliphatic carbocycles. The topological polar surface area (TPSA) is 43.4 Å². The van der Waals surface area contributed by atoms with Crippen LogP contribution >= 0.6 is 0 Å². The minimum Gasteiger partial charge on any atom is -0.381 e. The van der Waals surface area contributed by atoms with Gasteiger partial charge in [0.1, 0.15) is 0 Å². The first-order valence-electron chi connectivity index (χ1n) is 4.49. The smallest absolute Gasteiger partial charge is 0.381 e. The van der Waals surface area contributed by atoms with Gasteiger partial charge in [-0.1, -0.05) is 6.07 Å². The molecule has 0 unspecified atom stereocenters. The third-order valence-electron chi connectivity index (χ3n) is 1.86. The summed E-state index contributed by atoms with van der Waals surface area (Å²) in [6.07, 6.45) is -10.0. The molecule has 0 heterocycles. The molecule has 0 N–H and O–H groups in total. The Balaban J connectivity index is 3.60. The zero-order valence-electron chi connectivity index (χ0n) is 9.13. The molecule has 0 saturated carbocycles. The number of para-hydroxylation sites is 1. The molecule has 0 radical (unpaired) electrons. The molecule has 0 aromatic heterocycles. The van der Waals surface area contributed by atoms with Gasteiger partial charge in [0.05, 0.1) is 17.4 Å². The normalized spacial score (nSPS) is 13.4. The molecule has 1 rings (SSSR count). The van der Waals surface area contributed by atoms with E-state index in [9.17, 15) is 34.8 Å². The van der Waals surface area contributed by atoms with Gasteiger partial charge in [-0.05, 0) is 12.1 Å². The van der Waals surface area contributed by atoms with Crippen molar-refractivity contribution in [1.82, 2.24) is 0 Å². The number of alkyl halides is 6. The highest BCUT2D eigenvalue weighted by molar-refractivity contribution is 7.86. The monoisotopic (exact) mass is 308 g/mol. The standard InChI is InChI=1S/C9H6F6O3S/c1-19(16,17)18-7-5(8(10,11)12)3-2-4-6(7)9(13,14)15/h2-4H,1H3. The third-order valence-corrected chi connectivity index (χ3v) is 2.33. The lowest BCUT2D eigenvalue weighted by molar-refractivity contribution is -0.144. The maximum atomic E-state index is 12.5. The van der Waals surface area contributed by atoms with Gasteiger partial charge in [-0.25, -0.2) is 0 Å². The van der Waals surface area contributed by atoms with Crippen molar-refractivity contribution in [3.05, 3.63) is 29.3 Å². The van der Waals surface area contributed by atoms with Crippen LogP contribution in [0.5, 0.6) is 5.75 Å². The molecular weight excluding hydrogens is 302 g/mol. The van der Waals surface area contributed by atoms with E-state index in [1.54, 1.807) is 0 Å². The van der Waals surface area contributed by atoms with Crippen LogP contribution in [0.1, 0.15) is 11.1 Å². The highest BCUT2D eigenvalue weighted by atomic mass is 32.2. The Morgan fingerprint density at radius 2 is 1.32 bits per heavy atom. The number of hydrogen-bond acceptors (Lipinski definition) is 3. The summed E-state index contributed by atoms with van der Waals surface area (Å²) in [7, 11) is -4.54.